The van der Waals surface area contributed by atoms with Gasteiger partial charge in [0.05, 0.1) is 6.61 Å². The number of benzene rings is 1. The largest absolute Gasteiger partial charge is 0.383 e. The van der Waals surface area contributed by atoms with E-state index in [1.165, 1.54) is 18.4 Å². The van der Waals surface area contributed by atoms with Crippen LogP contribution < -0.4 is 5.32 Å². The number of halogens is 1. The number of hydrogen-bond acceptors (Lipinski definition) is 2. The van der Waals surface area contributed by atoms with Gasteiger partial charge in [-0.05, 0) is 42.9 Å². The highest BCUT2D eigenvalue weighted by atomic mass is 79.9. The molecule has 0 aromatic heterocycles. The van der Waals surface area contributed by atoms with E-state index in [1.807, 2.05) is 0 Å². The molecule has 1 aromatic rings. The molecule has 2 rings (SSSR count). The molecule has 1 aliphatic rings. The van der Waals surface area contributed by atoms with Gasteiger partial charge < -0.3 is 10.1 Å². The quantitative estimate of drug-likeness (QED) is 0.824. The summed E-state index contributed by atoms with van der Waals surface area (Å²) in [7, 11) is 1.79. The van der Waals surface area contributed by atoms with Crippen molar-refractivity contribution in [2.45, 2.75) is 38.3 Å². The minimum absolute atomic E-state index is 0.429. The van der Waals surface area contributed by atoms with Crippen molar-refractivity contribution in [3.8, 4) is 0 Å². The molecule has 0 aliphatic heterocycles. The van der Waals surface area contributed by atoms with E-state index in [9.17, 15) is 0 Å². The Morgan fingerprint density at radius 3 is 2.50 bits per heavy atom. The van der Waals surface area contributed by atoms with Gasteiger partial charge in [0.1, 0.15) is 0 Å². The highest BCUT2D eigenvalue weighted by molar-refractivity contribution is 9.10. The van der Waals surface area contributed by atoms with Crippen molar-refractivity contribution in [2.24, 2.45) is 5.92 Å². The molecule has 1 N–H and O–H groups in total. The molecule has 3 heteroatoms. The van der Waals surface area contributed by atoms with Crippen LogP contribution in [0.3, 0.4) is 0 Å². The molecule has 1 aliphatic carbocycles. The van der Waals surface area contributed by atoms with Crippen molar-refractivity contribution >= 4 is 15.9 Å². The van der Waals surface area contributed by atoms with Crippen LogP contribution >= 0.6 is 15.9 Å². The first-order chi connectivity index (χ1) is 8.74. The molecular formula is C15H22BrNO. The van der Waals surface area contributed by atoms with E-state index in [4.69, 9.17) is 4.74 Å². The maximum Gasteiger partial charge on any atom is 0.0618 e. The van der Waals surface area contributed by atoms with Crippen molar-refractivity contribution in [2.75, 3.05) is 13.7 Å². The van der Waals surface area contributed by atoms with Crippen LogP contribution in [0.2, 0.25) is 0 Å². The SMILES string of the molecule is CCC(NC(COC)C1CC1)c1ccc(Br)cc1. The first-order valence-electron chi connectivity index (χ1n) is 6.75. The van der Waals surface area contributed by atoms with Crippen molar-refractivity contribution in [1.29, 1.82) is 0 Å². The second kappa shape index (κ2) is 6.69. The normalized spacial score (nSPS) is 18.6. The number of nitrogens with one attached hydrogen (secondary N) is 1. The summed E-state index contributed by atoms with van der Waals surface area (Å²) < 4.78 is 6.47. The van der Waals surface area contributed by atoms with Crippen LogP contribution in [0.5, 0.6) is 0 Å². The Morgan fingerprint density at radius 2 is 2.00 bits per heavy atom. The fourth-order valence-electron chi connectivity index (χ4n) is 2.40. The van der Waals surface area contributed by atoms with Crippen molar-refractivity contribution in [3.05, 3.63) is 34.3 Å². The molecule has 0 amide bonds. The molecule has 0 heterocycles. The Morgan fingerprint density at radius 1 is 1.33 bits per heavy atom. The van der Waals surface area contributed by atoms with Gasteiger partial charge in [-0.1, -0.05) is 35.0 Å². The Labute approximate surface area is 118 Å². The highest BCUT2D eigenvalue weighted by Gasteiger charge is 2.32. The molecule has 0 saturated heterocycles. The van der Waals surface area contributed by atoms with Crippen molar-refractivity contribution in [3.63, 3.8) is 0 Å². The fraction of sp³-hybridized carbons (Fsp3) is 0.600. The van der Waals surface area contributed by atoms with Gasteiger partial charge in [-0.2, -0.15) is 0 Å². The third-order valence-corrected chi connectivity index (χ3v) is 4.16. The van der Waals surface area contributed by atoms with E-state index in [0.717, 1.165) is 23.4 Å². The van der Waals surface area contributed by atoms with Gasteiger partial charge in [-0.15, -0.1) is 0 Å². The topological polar surface area (TPSA) is 21.3 Å². The molecular weight excluding hydrogens is 290 g/mol. The van der Waals surface area contributed by atoms with Crippen LogP contribution in [-0.4, -0.2) is 19.8 Å². The van der Waals surface area contributed by atoms with E-state index in [0.29, 0.717) is 12.1 Å². The lowest BCUT2D eigenvalue weighted by Crippen LogP contribution is -2.37. The lowest BCUT2D eigenvalue weighted by atomic mass is 10.0. The summed E-state index contributed by atoms with van der Waals surface area (Å²) in [6.45, 7) is 3.05. The Hall–Kier alpha value is -0.380. The van der Waals surface area contributed by atoms with E-state index in [-0.39, 0.29) is 0 Å². The third kappa shape index (κ3) is 3.81. The van der Waals surface area contributed by atoms with Gasteiger partial charge in [0.2, 0.25) is 0 Å². The van der Waals surface area contributed by atoms with Crippen LogP contribution in [0.4, 0.5) is 0 Å². The molecule has 18 heavy (non-hydrogen) atoms. The van der Waals surface area contributed by atoms with Crippen LogP contribution in [0.25, 0.3) is 0 Å². The second-order valence-electron chi connectivity index (χ2n) is 5.08. The van der Waals surface area contributed by atoms with Gasteiger partial charge in [0.25, 0.3) is 0 Å². The summed E-state index contributed by atoms with van der Waals surface area (Å²) in [6.07, 6.45) is 3.80. The minimum Gasteiger partial charge on any atom is -0.383 e. The summed E-state index contributed by atoms with van der Waals surface area (Å²) in [6, 6.07) is 9.55. The van der Waals surface area contributed by atoms with Gasteiger partial charge in [-0.3, -0.25) is 0 Å². The molecule has 2 nitrogen and oxygen atoms in total. The zero-order valence-electron chi connectivity index (χ0n) is 11.2. The fourth-order valence-corrected chi connectivity index (χ4v) is 2.67. The van der Waals surface area contributed by atoms with Crippen molar-refractivity contribution < 1.29 is 4.74 Å². The monoisotopic (exact) mass is 311 g/mol. The molecule has 0 bridgehead atoms. The maximum atomic E-state index is 5.34. The summed E-state index contributed by atoms with van der Waals surface area (Å²) in [5.74, 6) is 0.814. The maximum absolute atomic E-state index is 5.34. The molecule has 1 saturated carbocycles. The molecule has 0 spiro atoms. The van der Waals surface area contributed by atoms with Crippen LogP contribution in [0.1, 0.15) is 37.8 Å². The van der Waals surface area contributed by atoms with Gasteiger partial charge in [0, 0.05) is 23.7 Å². The summed E-state index contributed by atoms with van der Waals surface area (Å²) in [4.78, 5) is 0. The number of hydrogen-bond donors (Lipinski definition) is 1. The van der Waals surface area contributed by atoms with Gasteiger partial charge in [0.15, 0.2) is 0 Å². The first kappa shape index (κ1) is 14.0. The number of ether oxygens (including phenoxy) is 1. The third-order valence-electron chi connectivity index (χ3n) is 3.63. The highest BCUT2D eigenvalue weighted by Crippen LogP contribution is 2.34. The number of methoxy groups -OCH3 is 1. The second-order valence-corrected chi connectivity index (χ2v) is 5.99. The molecule has 100 valence electrons. The van der Waals surface area contributed by atoms with E-state index in [2.05, 4.69) is 52.4 Å². The minimum atomic E-state index is 0.429. The van der Waals surface area contributed by atoms with Crippen molar-refractivity contribution in [1.82, 2.24) is 5.32 Å². The predicted molar refractivity (Wildman–Crippen MR) is 78.7 cm³/mol. The average molecular weight is 312 g/mol. The van der Waals surface area contributed by atoms with E-state index in [1.54, 1.807) is 7.11 Å². The summed E-state index contributed by atoms with van der Waals surface area (Å²) >= 11 is 3.49. The van der Waals surface area contributed by atoms with Gasteiger partial charge in [-0.25, -0.2) is 0 Å². The lowest BCUT2D eigenvalue weighted by molar-refractivity contribution is 0.150. The lowest BCUT2D eigenvalue weighted by Gasteiger charge is -2.25. The summed E-state index contributed by atoms with van der Waals surface area (Å²) in [5.41, 5.74) is 1.36. The molecule has 1 aromatic carbocycles. The Bertz CT molecular complexity index is 361. The average Bonchev–Trinajstić information content (AvgIpc) is 3.20. The molecule has 0 radical (unpaired) electrons. The zero-order chi connectivity index (χ0) is 13.0. The van der Waals surface area contributed by atoms with Crippen LogP contribution in [-0.2, 0) is 4.74 Å². The number of rotatable bonds is 7. The predicted octanol–water partition coefficient (Wildman–Crippen LogP) is 3.91. The zero-order valence-corrected chi connectivity index (χ0v) is 12.7. The summed E-state index contributed by atoms with van der Waals surface area (Å²) in [5, 5.41) is 3.76. The van der Waals surface area contributed by atoms with Crippen LogP contribution in [0.15, 0.2) is 28.7 Å². The molecule has 1 fully saturated rings. The van der Waals surface area contributed by atoms with E-state index < -0.39 is 0 Å². The molecule has 2 unspecified atom stereocenters. The van der Waals surface area contributed by atoms with Gasteiger partial charge >= 0.3 is 0 Å². The van der Waals surface area contributed by atoms with Crippen LogP contribution in [0, 0.1) is 5.92 Å². The standard InChI is InChI=1S/C15H22BrNO/c1-3-14(11-6-8-13(16)9-7-11)17-15(10-18-2)12-4-5-12/h6-9,12,14-15,17H,3-5,10H2,1-2H3. The Balaban J connectivity index is 2.00. The Kier molecular flexibility index (Phi) is 5.22. The van der Waals surface area contributed by atoms with E-state index >= 15 is 0 Å². The smallest absolute Gasteiger partial charge is 0.0618 e. The first-order valence-corrected chi connectivity index (χ1v) is 7.54. The molecule has 2 atom stereocenters.